The lowest BCUT2D eigenvalue weighted by Crippen LogP contribution is -2.51. The van der Waals surface area contributed by atoms with Gasteiger partial charge in [0, 0.05) is 18.1 Å². The van der Waals surface area contributed by atoms with Gasteiger partial charge in [-0.05, 0) is 75.5 Å². The van der Waals surface area contributed by atoms with Crippen LogP contribution in [0.5, 0.6) is 0 Å². The summed E-state index contributed by atoms with van der Waals surface area (Å²) in [5, 5.41) is 6.60. The molecule has 10 heteroatoms. The lowest BCUT2D eigenvalue weighted by atomic mass is 9.90. The topological polar surface area (TPSA) is 98.0 Å². The molecule has 2 saturated heterocycles. The number of hydrogen-bond acceptors (Lipinski definition) is 6. The SMILES string of the molecule is O=C(NC1CCC(n2c(=O)c3cc(F)cnc3n(C3CCSCC3)c2=O)CC1)[C@@H]1CCCCN1. The number of amides is 1. The van der Waals surface area contributed by atoms with Crippen molar-refractivity contribution in [2.45, 2.75) is 82.0 Å². The maximum Gasteiger partial charge on any atom is 0.333 e. The Morgan fingerprint density at radius 1 is 1.03 bits per heavy atom. The second-order valence-electron chi connectivity index (χ2n) is 9.71. The number of rotatable bonds is 4. The van der Waals surface area contributed by atoms with E-state index in [4.69, 9.17) is 0 Å². The second kappa shape index (κ2) is 10.2. The molecule has 2 aliphatic heterocycles. The fourth-order valence-corrected chi connectivity index (χ4v) is 6.74. The van der Waals surface area contributed by atoms with E-state index in [1.165, 1.54) is 10.6 Å². The molecule has 2 aromatic rings. The maximum absolute atomic E-state index is 14.0. The zero-order valence-corrected chi connectivity index (χ0v) is 20.1. The molecule has 0 unspecified atom stereocenters. The summed E-state index contributed by atoms with van der Waals surface area (Å²) in [5.74, 6) is 1.35. The van der Waals surface area contributed by atoms with E-state index in [0.29, 0.717) is 25.7 Å². The highest BCUT2D eigenvalue weighted by atomic mass is 32.2. The van der Waals surface area contributed by atoms with Gasteiger partial charge in [0.2, 0.25) is 5.91 Å². The monoisotopic (exact) mass is 489 g/mol. The van der Waals surface area contributed by atoms with Gasteiger partial charge in [0.05, 0.1) is 17.6 Å². The van der Waals surface area contributed by atoms with E-state index in [1.54, 1.807) is 4.57 Å². The normalized spacial score (nSPS) is 26.4. The number of pyridine rings is 1. The van der Waals surface area contributed by atoms with Crippen molar-refractivity contribution < 1.29 is 9.18 Å². The van der Waals surface area contributed by atoms with Crippen molar-refractivity contribution in [2.75, 3.05) is 18.1 Å². The first-order valence-corrected chi connectivity index (χ1v) is 13.6. The number of piperidine rings is 1. The van der Waals surface area contributed by atoms with E-state index in [0.717, 1.165) is 56.4 Å². The van der Waals surface area contributed by atoms with Gasteiger partial charge in [-0.3, -0.25) is 18.7 Å². The first-order chi connectivity index (χ1) is 16.5. The predicted molar refractivity (Wildman–Crippen MR) is 131 cm³/mol. The second-order valence-corrected chi connectivity index (χ2v) is 10.9. The van der Waals surface area contributed by atoms with Crippen LogP contribution in [0.15, 0.2) is 21.9 Å². The summed E-state index contributed by atoms with van der Waals surface area (Å²) in [5.41, 5.74) is -0.523. The van der Waals surface area contributed by atoms with Crippen LogP contribution in [0.1, 0.15) is 69.9 Å². The summed E-state index contributed by atoms with van der Waals surface area (Å²) in [7, 11) is 0. The first kappa shape index (κ1) is 23.5. The van der Waals surface area contributed by atoms with Crippen LogP contribution in [-0.2, 0) is 4.79 Å². The Bertz CT molecular complexity index is 1160. The Morgan fingerprint density at radius 3 is 2.47 bits per heavy atom. The smallest absolute Gasteiger partial charge is 0.333 e. The molecule has 1 amide bonds. The third-order valence-electron chi connectivity index (χ3n) is 7.51. The van der Waals surface area contributed by atoms with Gasteiger partial charge >= 0.3 is 5.69 Å². The molecule has 5 rings (SSSR count). The minimum Gasteiger partial charge on any atom is -0.352 e. The molecule has 0 bridgehead atoms. The molecule has 1 saturated carbocycles. The van der Waals surface area contributed by atoms with Gasteiger partial charge in [0.15, 0.2) is 0 Å². The molecular formula is C24H32FN5O3S. The van der Waals surface area contributed by atoms with E-state index in [-0.39, 0.29) is 46.8 Å². The number of fused-ring (bicyclic) bond motifs is 1. The summed E-state index contributed by atoms with van der Waals surface area (Å²) in [6.45, 7) is 0.872. The highest BCUT2D eigenvalue weighted by Gasteiger charge is 2.30. The lowest BCUT2D eigenvalue weighted by molar-refractivity contribution is -0.124. The predicted octanol–water partition coefficient (Wildman–Crippen LogP) is 2.51. The molecule has 3 aliphatic rings. The van der Waals surface area contributed by atoms with Crippen LogP contribution in [0.25, 0.3) is 11.0 Å². The first-order valence-electron chi connectivity index (χ1n) is 12.5. The maximum atomic E-state index is 14.0. The van der Waals surface area contributed by atoms with Crippen molar-refractivity contribution >= 4 is 28.7 Å². The van der Waals surface area contributed by atoms with Gasteiger partial charge in [0.25, 0.3) is 5.56 Å². The molecule has 0 spiro atoms. The van der Waals surface area contributed by atoms with Crippen molar-refractivity contribution in [3.63, 3.8) is 0 Å². The van der Waals surface area contributed by atoms with Crippen molar-refractivity contribution in [2.24, 2.45) is 0 Å². The van der Waals surface area contributed by atoms with E-state index < -0.39 is 11.4 Å². The molecule has 2 N–H and O–H groups in total. The van der Waals surface area contributed by atoms with Crippen LogP contribution in [0.2, 0.25) is 0 Å². The van der Waals surface area contributed by atoms with Crippen molar-refractivity contribution in [1.29, 1.82) is 0 Å². The van der Waals surface area contributed by atoms with Gasteiger partial charge in [-0.25, -0.2) is 14.2 Å². The van der Waals surface area contributed by atoms with Gasteiger partial charge in [-0.15, -0.1) is 0 Å². The molecule has 0 aromatic carbocycles. The number of carbonyl (C=O) groups is 1. The van der Waals surface area contributed by atoms with E-state index in [9.17, 15) is 18.8 Å². The fraction of sp³-hybridized carbons (Fsp3) is 0.667. The van der Waals surface area contributed by atoms with E-state index >= 15 is 0 Å². The van der Waals surface area contributed by atoms with Gasteiger partial charge in [-0.2, -0.15) is 11.8 Å². The number of aromatic nitrogens is 3. The largest absolute Gasteiger partial charge is 0.352 e. The summed E-state index contributed by atoms with van der Waals surface area (Å²) in [6.07, 6.45) is 8.39. The number of hydrogen-bond donors (Lipinski definition) is 2. The molecule has 1 aliphatic carbocycles. The molecule has 3 fully saturated rings. The highest BCUT2D eigenvalue weighted by molar-refractivity contribution is 7.99. The summed E-state index contributed by atoms with van der Waals surface area (Å²) in [4.78, 5) is 43.8. The Morgan fingerprint density at radius 2 is 1.76 bits per heavy atom. The molecule has 184 valence electrons. The van der Waals surface area contributed by atoms with Crippen LogP contribution >= 0.6 is 11.8 Å². The van der Waals surface area contributed by atoms with E-state index in [2.05, 4.69) is 15.6 Å². The number of nitrogens with zero attached hydrogens (tertiary/aromatic N) is 3. The molecule has 8 nitrogen and oxygen atoms in total. The van der Waals surface area contributed by atoms with Crippen LogP contribution in [0, 0.1) is 5.82 Å². The standard InChI is InChI=1S/C24H32FN5O3S/c25-15-13-19-21(27-14-15)29(18-8-11-34-12-9-18)24(33)30(23(19)32)17-6-4-16(5-7-17)28-22(31)20-3-1-2-10-26-20/h13-14,16-18,20,26H,1-12H2,(H,28,31)/t16?,17?,20-/m0/s1. The zero-order chi connectivity index (χ0) is 23.7. The quantitative estimate of drug-likeness (QED) is 0.685. The van der Waals surface area contributed by atoms with Gasteiger partial charge in [0.1, 0.15) is 11.5 Å². The van der Waals surface area contributed by atoms with E-state index in [1.807, 2.05) is 11.8 Å². The summed E-state index contributed by atoms with van der Waals surface area (Å²) < 4.78 is 17.0. The zero-order valence-electron chi connectivity index (χ0n) is 19.3. The highest BCUT2D eigenvalue weighted by Crippen LogP contribution is 2.30. The Labute approximate surface area is 201 Å². The Hall–Kier alpha value is -2.20. The lowest BCUT2D eigenvalue weighted by Gasteiger charge is -2.32. The molecular weight excluding hydrogens is 457 g/mol. The number of nitrogens with one attached hydrogen (secondary N) is 2. The van der Waals surface area contributed by atoms with Crippen molar-refractivity contribution in [3.8, 4) is 0 Å². The van der Waals surface area contributed by atoms with Crippen LogP contribution in [-0.4, -0.2) is 50.2 Å². The molecule has 0 radical (unpaired) electrons. The molecule has 1 atom stereocenters. The van der Waals surface area contributed by atoms with Crippen molar-refractivity contribution in [1.82, 2.24) is 24.8 Å². The van der Waals surface area contributed by atoms with Gasteiger partial charge < -0.3 is 10.6 Å². The minimum absolute atomic E-state index is 0.0420. The Kier molecular flexibility index (Phi) is 7.06. The average Bonchev–Trinajstić information content (AvgIpc) is 2.87. The minimum atomic E-state index is -0.580. The third kappa shape index (κ3) is 4.66. The molecule has 34 heavy (non-hydrogen) atoms. The van der Waals surface area contributed by atoms with Crippen LogP contribution < -0.4 is 21.9 Å². The third-order valence-corrected chi connectivity index (χ3v) is 8.56. The van der Waals surface area contributed by atoms with Crippen LogP contribution in [0.4, 0.5) is 4.39 Å². The summed E-state index contributed by atoms with van der Waals surface area (Å²) >= 11 is 1.85. The number of thioether (sulfide) groups is 1. The molecule has 2 aromatic heterocycles. The number of carbonyl (C=O) groups excluding carboxylic acids is 1. The fourth-order valence-electron chi connectivity index (χ4n) is 5.65. The summed E-state index contributed by atoms with van der Waals surface area (Å²) in [6, 6.07) is 0.813. The average molecular weight is 490 g/mol. The van der Waals surface area contributed by atoms with Crippen molar-refractivity contribution in [3.05, 3.63) is 38.9 Å². The molecule has 4 heterocycles. The number of halogens is 1. The Balaban J connectivity index is 1.40. The van der Waals surface area contributed by atoms with Gasteiger partial charge in [-0.1, -0.05) is 6.42 Å². The van der Waals surface area contributed by atoms with Crippen LogP contribution in [0.3, 0.4) is 0 Å².